The van der Waals surface area contributed by atoms with E-state index in [1.807, 2.05) is 0 Å². The maximum atomic E-state index is 5.56. The van der Waals surface area contributed by atoms with Gasteiger partial charge in [-0.25, -0.2) is 9.97 Å². The van der Waals surface area contributed by atoms with Crippen LogP contribution >= 0.6 is 0 Å². The van der Waals surface area contributed by atoms with Crippen molar-refractivity contribution in [1.82, 2.24) is 20.1 Å². The molecule has 0 aliphatic heterocycles. The zero-order valence-electron chi connectivity index (χ0n) is 6.93. The normalized spacial score (nSPS) is 10.2. The van der Waals surface area contributed by atoms with Gasteiger partial charge in [-0.3, -0.25) is 0 Å². The molecular weight excluding hydrogens is 170 g/mol. The van der Waals surface area contributed by atoms with Crippen molar-refractivity contribution in [2.24, 2.45) is 0 Å². The molecule has 2 aromatic heterocycles. The molecule has 0 fully saturated rings. The fourth-order valence-corrected chi connectivity index (χ4v) is 0.907. The molecule has 6 heteroatoms. The molecule has 2 aromatic rings. The quantitative estimate of drug-likeness (QED) is 0.678. The van der Waals surface area contributed by atoms with Crippen LogP contribution in [0, 0.1) is 6.92 Å². The molecule has 0 aromatic carbocycles. The Bertz CT molecular complexity index is 424. The molecule has 0 saturated heterocycles. The van der Waals surface area contributed by atoms with Crippen molar-refractivity contribution in [2.75, 3.05) is 5.73 Å². The Morgan fingerprint density at radius 1 is 1.31 bits per heavy atom. The van der Waals surface area contributed by atoms with Gasteiger partial charge in [0.15, 0.2) is 17.3 Å². The first-order valence-corrected chi connectivity index (χ1v) is 3.64. The van der Waals surface area contributed by atoms with Gasteiger partial charge in [0.1, 0.15) is 0 Å². The molecule has 0 radical (unpaired) electrons. The van der Waals surface area contributed by atoms with Gasteiger partial charge < -0.3 is 10.3 Å². The second kappa shape index (κ2) is 2.81. The van der Waals surface area contributed by atoms with Crippen molar-refractivity contribution in [3.63, 3.8) is 0 Å². The van der Waals surface area contributed by atoms with Crippen molar-refractivity contribution in [2.45, 2.75) is 6.92 Å². The minimum absolute atomic E-state index is 0.283. The van der Waals surface area contributed by atoms with Crippen LogP contribution in [0.4, 0.5) is 5.82 Å². The van der Waals surface area contributed by atoms with Gasteiger partial charge in [-0.05, 0) is 6.92 Å². The van der Waals surface area contributed by atoms with E-state index in [4.69, 9.17) is 10.3 Å². The first kappa shape index (κ1) is 7.66. The van der Waals surface area contributed by atoms with E-state index in [0.29, 0.717) is 17.4 Å². The van der Waals surface area contributed by atoms with Crippen LogP contribution in [0.25, 0.3) is 11.6 Å². The van der Waals surface area contributed by atoms with Crippen molar-refractivity contribution in [1.29, 1.82) is 0 Å². The maximum Gasteiger partial charge on any atom is 0.280 e. The lowest BCUT2D eigenvalue weighted by Crippen LogP contribution is -1.95. The highest BCUT2D eigenvalue weighted by molar-refractivity contribution is 5.60. The van der Waals surface area contributed by atoms with Crippen molar-refractivity contribution < 1.29 is 4.52 Å². The fraction of sp³-hybridized carbons (Fsp3) is 0.143. The molecule has 66 valence electrons. The minimum Gasteiger partial charge on any atom is -0.382 e. The van der Waals surface area contributed by atoms with Crippen LogP contribution < -0.4 is 5.73 Å². The van der Waals surface area contributed by atoms with Crippen molar-refractivity contribution in [3.05, 3.63) is 18.2 Å². The van der Waals surface area contributed by atoms with Crippen LogP contribution in [-0.4, -0.2) is 20.1 Å². The van der Waals surface area contributed by atoms with Gasteiger partial charge in [-0.1, -0.05) is 5.16 Å². The third-order valence-electron chi connectivity index (χ3n) is 1.46. The summed E-state index contributed by atoms with van der Waals surface area (Å²) in [6.45, 7) is 1.72. The van der Waals surface area contributed by atoms with Gasteiger partial charge >= 0.3 is 0 Å². The van der Waals surface area contributed by atoms with Gasteiger partial charge in [-0.2, -0.15) is 4.98 Å². The lowest BCUT2D eigenvalue weighted by Gasteiger charge is -1.95. The number of hydrogen-bond acceptors (Lipinski definition) is 6. The summed E-state index contributed by atoms with van der Waals surface area (Å²) in [7, 11) is 0. The molecule has 0 atom stereocenters. The summed E-state index contributed by atoms with van der Waals surface area (Å²) >= 11 is 0. The Balaban J connectivity index is 2.52. The van der Waals surface area contributed by atoms with E-state index in [0.717, 1.165) is 0 Å². The SMILES string of the molecule is Cc1noc(-c2nccnc2N)n1. The van der Waals surface area contributed by atoms with Crippen molar-refractivity contribution >= 4 is 5.82 Å². The number of nitrogens with zero attached hydrogens (tertiary/aromatic N) is 4. The van der Waals surface area contributed by atoms with Crippen LogP contribution in [0.3, 0.4) is 0 Å². The minimum atomic E-state index is 0.283. The van der Waals surface area contributed by atoms with Gasteiger partial charge in [0, 0.05) is 12.4 Å². The highest BCUT2D eigenvalue weighted by Crippen LogP contribution is 2.17. The van der Waals surface area contributed by atoms with Gasteiger partial charge in [0.25, 0.3) is 5.89 Å². The predicted octanol–water partition coefficient (Wildman–Crippen LogP) is 0.417. The summed E-state index contributed by atoms with van der Waals surface area (Å²) in [4.78, 5) is 11.8. The van der Waals surface area contributed by atoms with Crippen LogP contribution in [0.5, 0.6) is 0 Å². The zero-order valence-corrected chi connectivity index (χ0v) is 6.93. The first-order valence-electron chi connectivity index (χ1n) is 3.64. The average molecular weight is 177 g/mol. The molecule has 0 spiro atoms. The third kappa shape index (κ3) is 1.33. The molecule has 0 unspecified atom stereocenters. The number of anilines is 1. The van der Waals surface area contributed by atoms with E-state index in [1.54, 1.807) is 6.92 Å². The summed E-state index contributed by atoms with van der Waals surface area (Å²) in [6.07, 6.45) is 3.02. The highest BCUT2D eigenvalue weighted by atomic mass is 16.5. The Labute approximate surface area is 73.8 Å². The molecule has 0 aliphatic carbocycles. The molecule has 0 bridgehead atoms. The molecule has 6 nitrogen and oxygen atoms in total. The Hall–Kier alpha value is -1.98. The first-order chi connectivity index (χ1) is 6.27. The Kier molecular flexibility index (Phi) is 1.66. The van der Waals surface area contributed by atoms with Gasteiger partial charge in [0.05, 0.1) is 0 Å². The summed E-state index contributed by atoms with van der Waals surface area (Å²) in [5.41, 5.74) is 5.98. The standard InChI is InChI=1S/C7H7N5O/c1-4-11-7(13-12-4)5-6(8)10-3-2-9-5/h2-3H,1H3,(H2,8,10). The van der Waals surface area contributed by atoms with E-state index >= 15 is 0 Å². The summed E-state index contributed by atoms with van der Waals surface area (Å²) < 4.78 is 4.89. The van der Waals surface area contributed by atoms with Crippen LogP contribution in [0.2, 0.25) is 0 Å². The molecule has 2 N–H and O–H groups in total. The summed E-state index contributed by atoms with van der Waals surface area (Å²) in [5, 5.41) is 3.62. The fourth-order valence-electron chi connectivity index (χ4n) is 0.907. The molecule has 0 saturated carbocycles. The number of aromatic nitrogens is 4. The second-order valence-corrected chi connectivity index (χ2v) is 2.44. The number of rotatable bonds is 1. The lowest BCUT2D eigenvalue weighted by atomic mass is 10.4. The number of nitrogen functional groups attached to an aromatic ring is 1. The zero-order chi connectivity index (χ0) is 9.26. The average Bonchev–Trinajstić information content (AvgIpc) is 2.53. The van der Waals surface area contributed by atoms with E-state index in [-0.39, 0.29) is 5.82 Å². The third-order valence-corrected chi connectivity index (χ3v) is 1.46. The van der Waals surface area contributed by atoms with Gasteiger partial charge in [-0.15, -0.1) is 0 Å². The van der Waals surface area contributed by atoms with E-state index in [9.17, 15) is 0 Å². The second-order valence-electron chi connectivity index (χ2n) is 2.44. The van der Waals surface area contributed by atoms with E-state index < -0.39 is 0 Å². The molecule has 2 rings (SSSR count). The largest absolute Gasteiger partial charge is 0.382 e. The topological polar surface area (TPSA) is 90.7 Å². The molecule has 0 aliphatic rings. The van der Waals surface area contributed by atoms with E-state index in [1.165, 1.54) is 12.4 Å². The summed E-state index contributed by atoms with van der Waals surface area (Å²) in [6, 6.07) is 0. The molecular formula is C7H7N5O. The van der Waals surface area contributed by atoms with Crippen LogP contribution in [0.15, 0.2) is 16.9 Å². The number of nitrogens with two attached hydrogens (primary N) is 1. The summed E-state index contributed by atoms with van der Waals surface area (Å²) in [5.74, 6) is 1.12. The maximum absolute atomic E-state index is 5.56. The monoisotopic (exact) mass is 177 g/mol. The van der Waals surface area contributed by atoms with E-state index in [2.05, 4.69) is 20.1 Å². The lowest BCUT2D eigenvalue weighted by molar-refractivity contribution is 0.424. The highest BCUT2D eigenvalue weighted by Gasteiger charge is 2.11. The van der Waals surface area contributed by atoms with Crippen molar-refractivity contribution in [3.8, 4) is 11.6 Å². The molecule has 0 amide bonds. The van der Waals surface area contributed by atoms with Gasteiger partial charge in [0.2, 0.25) is 0 Å². The number of hydrogen-bond donors (Lipinski definition) is 1. The van der Waals surface area contributed by atoms with Crippen LogP contribution in [0.1, 0.15) is 5.82 Å². The Morgan fingerprint density at radius 2 is 2.08 bits per heavy atom. The van der Waals surface area contributed by atoms with Crippen LogP contribution in [-0.2, 0) is 0 Å². The predicted molar refractivity (Wildman–Crippen MR) is 44.5 cm³/mol. The molecule has 13 heavy (non-hydrogen) atoms. The molecule has 2 heterocycles. The smallest absolute Gasteiger partial charge is 0.280 e. The number of aryl methyl sites for hydroxylation is 1. The Morgan fingerprint density at radius 3 is 2.69 bits per heavy atom.